The van der Waals surface area contributed by atoms with Gasteiger partial charge in [-0.2, -0.15) is 0 Å². The topological polar surface area (TPSA) is 66.9 Å². The summed E-state index contributed by atoms with van der Waals surface area (Å²) >= 11 is 11.8. The van der Waals surface area contributed by atoms with E-state index in [1.54, 1.807) is 6.92 Å². The van der Waals surface area contributed by atoms with Crippen molar-refractivity contribution in [2.75, 3.05) is 18.1 Å². The molecule has 1 saturated heterocycles. The lowest BCUT2D eigenvalue weighted by atomic mass is 10.3. The molecule has 0 saturated carbocycles. The molecule has 22 heavy (non-hydrogen) atoms. The number of nitrogens with zero attached hydrogens (tertiary/aromatic N) is 2. The first-order chi connectivity index (χ1) is 10.3. The summed E-state index contributed by atoms with van der Waals surface area (Å²) in [5.74, 6) is -1.09. The Morgan fingerprint density at radius 1 is 1.27 bits per heavy atom. The summed E-state index contributed by atoms with van der Waals surface area (Å²) in [5.41, 5.74) is 0.229. The summed E-state index contributed by atoms with van der Waals surface area (Å²) in [7, 11) is 0. The largest absolute Gasteiger partial charge is 0.369 e. The Morgan fingerprint density at radius 3 is 2.41 bits per heavy atom. The summed E-state index contributed by atoms with van der Waals surface area (Å²) in [6.45, 7) is 3.26. The highest BCUT2D eigenvalue weighted by molar-refractivity contribution is 6.35. The van der Waals surface area contributed by atoms with E-state index in [1.807, 2.05) is 0 Å². The smallest absolute Gasteiger partial charge is 0.338 e. The summed E-state index contributed by atoms with van der Waals surface area (Å²) in [4.78, 5) is 38.3. The molecule has 0 spiro atoms. The molecule has 1 aromatic rings. The third kappa shape index (κ3) is 3.24. The van der Waals surface area contributed by atoms with Gasteiger partial charge in [0.2, 0.25) is 0 Å². The van der Waals surface area contributed by atoms with Gasteiger partial charge in [-0.1, -0.05) is 23.2 Å². The predicted molar refractivity (Wildman–Crippen MR) is 82.1 cm³/mol. The average molecular weight is 345 g/mol. The Bertz CT molecular complexity index is 615. The molecule has 1 atom stereocenters. The predicted octanol–water partition coefficient (Wildman–Crippen LogP) is 2.71. The van der Waals surface area contributed by atoms with E-state index in [9.17, 15) is 14.4 Å². The molecule has 8 heteroatoms. The molecule has 0 bridgehead atoms. The van der Waals surface area contributed by atoms with E-state index in [4.69, 9.17) is 27.9 Å². The second-order valence-electron chi connectivity index (χ2n) is 4.66. The molecule has 1 aliphatic rings. The maximum atomic E-state index is 12.4. The second-order valence-corrected chi connectivity index (χ2v) is 5.53. The second kappa shape index (κ2) is 6.64. The Balaban J connectivity index is 2.27. The number of imide groups is 2. The molecule has 1 fully saturated rings. The fourth-order valence-corrected chi connectivity index (χ4v) is 2.65. The van der Waals surface area contributed by atoms with Crippen molar-refractivity contribution < 1.29 is 19.1 Å². The number of urea groups is 1. The maximum absolute atomic E-state index is 12.4. The molecule has 1 heterocycles. The summed E-state index contributed by atoms with van der Waals surface area (Å²) < 4.78 is 5.16. The van der Waals surface area contributed by atoms with E-state index < -0.39 is 23.9 Å². The molecule has 1 aromatic carbocycles. The van der Waals surface area contributed by atoms with Crippen LogP contribution in [0.25, 0.3) is 0 Å². The van der Waals surface area contributed by atoms with Crippen molar-refractivity contribution in [2.45, 2.75) is 20.0 Å². The third-order valence-corrected chi connectivity index (χ3v) is 3.54. The molecule has 0 radical (unpaired) electrons. The summed E-state index contributed by atoms with van der Waals surface area (Å²) in [5, 5.41) is 0.575. The van der Waals surface area contributed by atoms with Gasteiger partial charge in [-0.25, -0.2) is 9.69 Å². The molecular formula is C14H14Cl2N2O4. The van der Waals surface area contributed by atoms with Crippen molar-refractivity contribution in [3.8, 4) is 0 Å². The van der Waals surface area contributed by atoms with Gasteiger partial charge in [0, 0.05) is 16.7 Å². The van der Waals surface area contributed by atoms with Crippen LogP contribution in [0.3, 0.4) is 0 Å². The highest BCUT2D eigenvalue weighted by Crippen LogP contribution is 2.28. The molecule has 2 rings (SSSR count). The zero-order chi connectivity index (χ0) is 16.4. The standard InChI is InChI=1S/C14H14Cl2N2O4/c1-3-22-8(2)13(20)17-7-12(19)18(14(17)21)11-5-9(15)4-10(16)6-11/h4-6,8H,3,7H2,1-2H3/t8-/m1/s1. The SMILES string of the molecule is CCO[C@H](C)C(=O)N1CC(=O)N(c2cc(Cl)cc(Cl)c2)C1=O. The van der Waals surface area contributed by atoms with Crippen LogP contribution in [-0.2, 0) is 14.3 Å². The van der Waals surface area contributed by atoms with Crippen molar-refractivity contribution in [3.63, 3.8) is 0 Å². The van der Waals surface area contributed by atoms with Crippen LogP contribution in [-0.4, -0.2) is 42.0 Å². The number of anilines is 1. The van der Waals surface area contributed by atoms with Crippen LogP contribution in [0, 0.1) is 0 Å². The van der Waals surface area contributed by atoms with Gasteiger partial charge in [-0.05, 0) is 32.0 Å². The Hall–Kier alpha value is -1.63. The lowest BCUT2D eigenvalue weighted by Crippen LogP contribution is -2.42. The van der Waals surface area contributed by atoms with Crippen LogP contribution in [0.2, 0.25) is 10.0 Å². The van der Waals surface area contributed by atoms with Crippen LogP contribution in [0.4, 0.5) is 10.5 Å². The van der Waals surface area contributed by atoms with E-state index in [2.05, 4.69) is 0 Å². The van der Waals surface area contributed by atoms with Crippen molar-refractivity contribution in [2.24, 2.45) is 0 Å². The van der Waals surface area contributed by atoms with E-state index in [-0.39, 0.29) is 22.3 Å². The number of rotatable bonds is 4. The fourth-order valence-electron chi connectivity index (χ4n) is 2.14. The number of carbonyl (C=O) groups excluding carboxylic acids is 3. The van der Waals surface area contributed by atoms with E-state index >= 15 is 0 Å². The average Bonchev–Trinajstić information content (AvgIpc) is 2.72. The number of ether oxygens (including phenoxy) is 1. The molecule has 6 nitrogen and oxygen atoms in total. The van der Waals surface area contributed by atoms with Gasteiger partial charge in [-0.3, -0.25) is 14.5 Å². The number of hydrogen-bond acceptors (Lipinski definition) is 4. The number of carbonyl (C=O) groups is 3. The minimum absolute atomic E-state index is 0.229. The van der Waals surface area contributed by atoms with Crippen molar-refractivity contribution in [1.29, 1.82) is 0 Å². The first kappa shape index (κ1) is 16.7. The van der Waals surface area contributed by atoms with Gasteiger partial charge in [-0.15, -0.1) is 0 Å². The molecule has 0 unspecified atom stereocenters. The monoisotopic (exact) mass is 344 g/mol. The third-order valence-electron chi connectivity index (χ3n) is 3.10. The highest BCUT2D eigenvalue weighted by atomic mass is 35.5. The Morgan fingerprint density at radius 2 is 1.86 bits per heavy atom. The number of benzene rings is 1. The molecule has 1 aliphatic heterocycles. The molecule has 0 aliphatic carbocycles. The number of hydrogen-bond donors (Lipinski definition) is 0. The lowest BCUT2D eigenvalue weighted by Gasteiger charge is -2.19. The van der Waals surface area contributed by atoms with Gasteiger partial charge in [0.1, 0.15) is 12.6 Å². The normalized spacial score (nSPS) is 16.4. The first-order valence-corrected chi connectivity index (χ1v) is 7.36. The van der Waals surface area contributed by atoms with E-state index in [1.165, 1.54) is 25.1 Å². The molecule has 118 valence electrons. The quantitative estimate of drug-likeness (QED) is 0.787. The van der Waals surface area contributed by atoms with Crippen molar-refractivity contribution in [3.05, 3.63) is 28.2 Å². The van der Waals surface area contributed by atoms with Crippen LogP contribution in [0.5, 0.6) is 0 Å². The highest BCUT2D eigenvalue weighted by Gasteiger charge is 2.42. The van der Waals surface area contributed by atoms with Crippen LogP contribution < -0.4 is 4.90 Å². The zero-order valence-corrected chi connectivity index (χ0v) is 13.5. The van der Waals surface area contributed by atoms with E-state index in [0.29, 0.717) is 6.61 Å². The van der Waals surface area contributed by atoms with Crippen LogP contribution >= 0.6 is 23.2 Å². The number of halogens is 2. The van der Waals surface area contributed by atoms with Crippen LogP contribution in [0.15, 0.2) is 18.2 Å². The zero-order valence-electron chi connectivity index (χ0n) is 12.0. The van der Waals surface area contributed by atoms with Crippen LogP contribution in [0.1, 0.15) is 13.8 Å². The first-order valence-electron chi connectivity index (χ1n) is 6.61. The van der Waals surface area contributed by atoms with Gasteiger partial charge >= 0.3 is 6.03 Å². The van der Waals surface area contributed by atoms with Gasteiger partial charge < -0.3 is 4.74 Å². The Labute approximate surface area is 137 Å². The van der Waals surface area contributed by atoms with Gasteiger partial charge in [0.05, 0.1) is 5.69 Å². The minimum Gasteiger partial charge on any atom is -0.369 e. The maximum Gasteiger partial charge on any atom is 0.338 e. The number of amides is 4. The molecular weight excluding hydrogens is 331 g/mol. The van der Waals surface area contributed by atoms with E-state index in [0.717, 1.165) is 9.80 Å². The summed E-state index contributed by atoms with van der Waals surface area (Å²) in [6, 6.07) is 3.62. The fraction of sp³-hybridized carbons (Fsp3) is 0.357. The minimum atomic E-state index is -0.801. The lowest BCUT2D eigenvalue weighted by molar-refractivity contribution is -0.139. The van der Waals surface area contributed by atoms with Gasteiger partial charge in [0.25, 0.3) is 11.8 Å². The van der Waals surface area contributed by atoms with Crippen molar-refractivity contribution in [1.82, 2.24) is 4.90 Å². The van der Waals surface area contributed by atoms with Crippen molar-refractivity contribution >= 4 is 46.7 Å². The molecule has 4 amide bonds. The molecule has 0 aromatic heterocycles. The van der Waals surface area contributed by atoms with Gasteiger partial charge in [0.15, 0.2) is 0 Å². The molecule has 0 N–H and O–H groups in total. The summed E-state index contributed by atoms with van der Waals surface area (Å²) in [6.07, 6.45) is -0.801. The Kier molecular flexibility index (Phi) is 5.05.